The number of rotatable bonds is 5. The number of hydrogen-bond donors (Lipinski definition) is 2. The summed E-state index contributed by atoms with van der Waals surface area (Å²) in [6, 6.07) is 2.50. The van der Waals surface area contributed by atoms with Crippen molar-refractivity contribution in [1.82, 2.24) is 14.9 Å². The second-order valence-corrected chi connectivity index (χ2v) is 4.80. The summed E-state index contributed by atoms with van der Waals surface area (Å²) in [5.41, 5.74) is 0. The lowest BCUT2D eigenvalue weighted by Crippen LogP contribution is -2.39. The zero-order valence-electron chi connectivity index (χ0n) is 11.3. The van der Waals surface area contributed by atoms with Gasteiger partial charge in [0.1, 0.15) is 18.0 Å². The first-order valence-corrected chi connectivity index (χ1v) is 6.80. The zero-order valence-corrected chi connectivity index (χ0v) is 11.3. The van der Waals surface area contributed by atoms with E-state index in [-0.39, 0.29) is 0 Å². The van der Waals surface area contributed by atoms with E-state index in [2.05, 4.69) is 32.4 Å². The summed E-state index contributed by atoms with van der Waals surface area (Å²) in [5.74, 6) is 1.78. The second kappa shape index (κ2) is 6.54. The average molecular weight is 249 g/mol. The van der Waals surface area contributed by atoms with Crippen molar-refractivity contribution in [3.05, 3.63) is 12.4 Å². The Morgan fingerprint density at radius 2 is 2.00 bits per heavy atom. The fourth-order valence-corrected chi connectivity index (χ4v) is 2.40. The van der Waals surface area contributed by atoms with Crippen LogP contribution in [0.1, 0.15) is 26.2 Å². The highest BCUT2D eigenvalue weighted by Crippen LogP contribution is 2.16. The number of piperidine rings is 1. The molecule has 5 heteroatoms. The highest BCUT2D eigenvalue weighted by Gasteiger charge is 2.18. The minimum Gasteiger partial charge on any atom is -0.373 e. The van der Waals surface area contributed by atoms with E-state index >= 15 is 0 Å². The molecule has 2 rings (SSSR count). The Kier molecular flexibility index (Phi) is 4.75. The molecule has 1 aromatic heterocycles. The van der Waals surface area contributed by atoms with Gasteiger partial charge in [-0.3, -0.25) is 0 Å². The largest absolute Gasteiger partial charge is 0.373 e. The molecule has 2 N–H and O–H groups in total. The van der Waals surface area contributed by atoms with Crippen LogP contribution < -0.4 is 10.6 Å². The molecule has 0 unspecified atom stereocenters. The zero-order chi connectivity index (χ0) is 12.8. The Bertz CT molecular complexity index is 360. The van der Waals surface area contributed by atoms with Crippen molar-refractivity contribution >= 4 is 11.6 Å². The molecule has 0 spiro atoms. The molecule has 0 bridgehead atoms. The molecule has 5 nitrogen and oxygen atoms in total. The van der Waals surface area contributed by atoms with E-state index in [1.54, 1.807) is 6.33 Å². The average Bonchev–Trinajstić information content (AvgIpc) is 2.42. The van der Waals surface area contributed by atoms with Crippen LogP contribution in [0.5, 0.6) is 0 Å². The standard InChI is InChI=1S/C13H23N5/c1-3-6-18-7-4-11(5-8-18)17-13-9-12(14-2)15-10-16-13/h9-11H,3-8H2,1-2H3,(H2,14,15,16,17). The van der Waals surface area contributed by atoms with Gasteiger partial charge in [-0.25, -0.2) is 9.97 Å². The molecular weight excluding hydrogens is 226 g/mol. The molecule has 0 atom stereocenters. The van der Waals surface area contributed by atoms with E-state index in [1.165, 1.54) is 38.9 Å². The van der Waals surface area contributed by atoms with Crippen LogP contribution in [0.25, 0.3) is 0 Å². The van der Waals surface area contributed by atoms with E-state index in [1.807, 2.05) is 13.1 Å². The molecule has 1 fully saturated rings. The third kappa shape index (κ3) is 3.57. The van der Waals surface area contributed by atoms with Gasteiger partial charge in [0.15, 0.2) is 0 Å². The lowest BCUT2D eigenvalue weighted by molar-refractivity contribution is 0.219. The topological polar surface area (TPSA) is 53.1 Å². The number of likely N-dealkylation sites (tertiary alicyclic amines) is 1. The Morgan fingerprint density at radius 1 is 1.28 bits per heavy atom. The maximum atomic E-state index is 4.26. The Hall–Kier alpha value is -1.36. The molecular formula is C13H23N5. The van der Waals surface area contributed by atoms with Crippen LogP contribution in [-0.4, -0.2) is 47.6 Å². The van der Waals surface area contributed by atoms with E-state index in [4.69, 9.17) is 0 Å². The SMILES string of the molecule is CCCN1CCC(Nc2cc(NC)ncn2)CC1. The maximum absolute atomic E-state index is 4.26. The van der Waals surface area contributed by atoms with Crippen molar-refractivity contribution in [2.45, 2.75) is 32.2 Å². The molecule has 0 aromatic carbocycles. The fourth-order valence-electron chi connectivity index (χ4n) is 2.40. The third-order valence-corrected chi connectivity index (χ3v) is 3.40. The molecule has 1 aromatic rings. The van der Waals surface area contributed by atoms with Crippen LogP contribution in [0.2, 0.25) is 0 Å². The van der Waals surface area contributed by atoms with Crippen molar-refractivity contribution in [1.29, 1.82) is 0 Å². The molecule has 0 radical (unpaired) electrons. The van der Waals surface area contributed by atoms with Gasteiger partial charge in [-0.05, 0) is 25.8 Å². The lowest BCUT2D eigenvalue weighted by atomic mass is 10.0. The predicted molar refractivity (Wildman–Crippen MR) is 75.0 cm³/mol. The second-order valence-electron chi connectivity index (χ2n) is 4.80. The molecule has 2 heterocycles. The quantitative estimate of drug-likeness (QED) is 0.833. The van der Waals surface area contributed by atoms with E-state index in [9.17, 15) is 0 Å². The molecule has 0 saturated carbocycles. The van der Waals surface area contributed by atoms with Gasteiger partial charge in [-0.1, -0.05) is 6.92 Å². The highest BCUT2D eigenvalue weighted by atomic mass is 15.1. The molecule has 0 aliphatic carbocycles. The Morgan fingerprint density at radius 3 is 2.67 bits per heavy atom. The first-order valence-electron chi connectivity index (χ1n) is 6.80. The number of anilines is 2. The third-order valence-electron chi connectivity index (χ3n) is 3.40. The maximum Gasteiger partial charge on any atom is 0.131 e. The number of nitrogens with zero attached hydrogens (tertiary/aromatic N) is 3. The first-order chi connectivity index (χ1) is 8.81. The molecule has 100 valence electrons. The van der Waals surface area contributed by atoms with E-state index < -0.39 is 0 Å². The van der Waals surface area contributed by atoms with Crippen LogP contribution in [0, 0.1) is 0 Å². The van der Waals surface area contributed by atoms with Crippen LogP contribution in [0.15, 0.2) is 12.4 Å². The van der Waals surface area contributed by atoms with Crippen molar-refractivity contribution in [3.63, 3.8) is 0 Å². The minimum atomic E-state index is 0.540. The van der Waals surface area contributed by atoms with Crippen molar-refractivity contribution in [2.24, 2.45) is 0 Å². The lowest BCUT2D eigenvalue weighted by Gasteiger charge is -2.32. The van der Waals surface area contributed by atoms with Gasteiger partial charge in [0.05, 0.1) is 0 Å². The molecule has 0 amide bonds. The first kappa shape index (κ1) is 13.1. The summed E-state index contributed by atoms with van der Waals surface area (Å²) in [4.78, 5) is 10.9. The molecule has 18 heavy (non-hydrogen) atoms. The summed E-state index contributed by atoms with van der Waals surface area (Å²) < 4.78 is 0. The van der Waals surface area contributed by atoms with Gasteiger partial charge in [0.25, 0.3) is 0 Å². The molecule has 1 aliphatic heterocycles. The van der Waals surface area contributed by atoms with Gasteiger partial charge in [-0.15, -0.1) is 0 Å². The van der Waals surface area contributed by atoms with Crippen LogP contribution in [0.3, 0.4) is 0 Å². The van der Waals surface area contributed by atoms with Crippen LogP contribution >= 0.6 is 0 Å². The van der Waals surface area contributed by atoms with Gasteiger partial charge < -0.3 is 15.5 Å². The normalized spacial score (nSPS) is 17.7. The highest BCUT2D eigenvalue weighted by molar-refractivity contribution is 5.46. The summed E-state index contributed by atoms with van der Waals surface area (Å²) in [5, 5.41) is 6.53. The van der Waals surface area contributed by atoms with Gasteiger partial charge in [-0.2, -0.15) is 0 Å². The van der Waals surface area contributed by atoms with E-state index in [0.717, 1.165) is 11.6 Å². The summed E-state index contributed by atoms with van der Waals surface area (Å²) in [7, 11) is 1.87. The summed E-state index contributed by atoms with van der Waals surface area (Å²) in [6.07, 6.45) is 5.23. The van der Waals surface area contributed by atoms with E-state index in [0.29, 0.717) is 6.04 Å². The van der Waals surface area contributed by atoms with Crippen molar-refractivity contribution < 1.29 is 0 Å². The fraction of sp³-hybridized carbons (Fsp3) is 0.692. The smallest absolute Gasteiger partial charge is 0.131 e. The Balaban J connectivity index is 1.83. The van der Waals surface area contributed by atoms with Gasteiger partial charge in [0, 0.05) is 32.2 Å². The van der Waals surface area contributed by atoms with Crippen LogP contribution in [0.4, 0.5) is 11.6 Å². The van der Waals surface area contributed by atoms with Crippen molar-refractivity contribution in [2.75, 3.05) is 37.3 Å². The van der Waals surface area contributed by atoms with Gasteiger partial charge >= 0.3 is 0 Å². The number of hydrogen-bond acceptors (Lipinski definition) is 5. The summed E-state index contributed by atoms with van der Waals surface area (Å²) >= 11 is 0. The monoisotopic (exact) mass is 249 g/mol. The Labute approximate surface area is 109 Å². The number of nitrogens with one attached hydrogen (secondary N) is 2. The summed E-state index contributed by atoms with van der Waals surface area (Å²) in [6.45, 7) is 5.85. The van der Waals surface area contributed by atoms with Gasteiger partial charge in [0.2, 0.25) is 0 Å². The predicted octanol–water partition coefficient (Wildman–Crippen LogP) is 1.80. The van der Waals surface area contributed by atoms with Crippen molar-refractivity contribution in [3.8, 4) is 0 Å². The molecule has 1 aliphatic rings. The number of aromatic nitrogens is 2. The van der Waals surface area contributed by atoms with Crippen LogP contribution in [-0.2, 0) is 0 Å². The minimum absolute atomic E-state index is 0.540. The molecule has 1 saturated heterocycles.